The van der Waals surface area contributed by atoms with E-state index in [2.05, 4.69) is 164 Å². The summed E-state index contributed by atoms with van der Waals surface area (Å²) >= 11 is 0. The summed E-state index contributed by atoms with van der Waals surface area (Å²) in [5.74, 6) is 0. The molecule has 0 spiro atoms. The van der Waals surface area contributed by atoms with Gasteiger partial charge in [0.25, 0.3) is 0 Å². The molecule has 45 heavy (non-hydrogen) atoms. The van der Waals surface area contributed by atoms with Crippen LogP contribution in [0.15, 0.2) is 158 Å². The SMILES string of the molecule is c1ccc(-n2c3ccccc3c3cc4c(cc32)c2ccccc2n4-c2ccc(-n3c4ccccc4c4cnccc43)cc2)cc1. The zero-order valence-corrected chi connectivity index (χ0v) is 24.3. The highest BCUT2D eigenvalue weighted by Crippen LogP contribution is 2.40. The second-order valence-electron chi connectivity index (χ2n) is 11.7. The second kappa shape index (κ2) is 9.18. The quantitative estimate of drug-likeness (QED) is 0.206. The zero-order valence-electron chi connectivity index (χ0n) is 24.3. The first-order valence-electron chi connectivity index (χ1n) is 15.3. The zero-order chi connectivity index (χ0) is 29.5. The lowest BCUT2D eigenvalue weighted by Crippen LogP contribution is -1.97. The molecule has 6 aromatic carbocycles. The number of pyridine rings is 1. The number of aromatic nitrogens is 4. The minimum Gasteiger partial charge on any atom is -0.309 e. The summed E-state index contributed by atoms with van der Waals surface area (Å²) in [5.41, 5.74) is 10.6. The number of benzene rings is 6. The molecule has 0 fully saturated rings. The number of hydrogen-bond acceptors (Lipinski definition) is 1. The number of rotatable bonds is 3. The van der Waals surface area contributed by atoms with Gasteiger partial charge in [0.15, 0.2) is 0 Å². The molecule has 10 rings (SSSR count). The summed E-state index contributed by atoms with van der Waals surface area (Å²) in [4.78, 5) is 4.42. The van der Waals surface area contributed by atoms with Gasteiger partial charge in [0.05, 0.1) is 33.1 Å². The largest absolute Gasteiger partial charge is 0.309 e. The van der Waals surface area contributed by atoms with Crippen molar-refractivity contribution in [3.05, 3.63) is 158 Å². The van der Waals surface area contributed by atoms with E-state index in [-0.39, 0.29) is 0 Å². The summed E-state index contributed by atoms with van der Waals surface area (Å²) in [7, 11) is 0. The fraction of sp³-hybridized carbons (Fsp3) is 0. The van der Waals surface area contributed by atoms with Gasteiger partial charge in [-0.3, -0.25) is 4.98 Å². The average molecular weight is 575 g/mol. The van der Waals surface area contributed by atoms with Gasteiger partial charge >= 0.3 is 0 Å². The third-order valence-corrected chi connectivity index (χ3v) is 9.32. The molecule has 4 heterocycles. The molecule has 4 heteroatoms. The van der Waals surface area contributed by atoms with Crippen LogP contribution in [0.2, 0.25) is 0 Å². The molecule has 0 bridgehead atoms. The summed E-state index contributed by atoms with van der Waals surface area (Å²) in [6.45, 7) is 0. The van der Waals surface area contributed by atoms with Crippen molar-refractivity contribution in [3.63, 3.8) is 0 Å². The predicted molar refractivity (Wildman–Crippen MR) is 187 cm³/mol. The second-order valence-corrected chi connectivity index (χ2v) is 11.7. The van der Waals surface area contributed by atoms with Crippen molar-refractivity contribution < 1.29 is 0 Å². The van der Waals surface area contributed by atoms with Crippen LogP contribution in [-0.4, -0.2) is 18.7 Å². The molecule has 0 aliphatic heterocycles. The van der Waals surface area contributed by atoms with Crippen molar-refractivity contribution in [2.75, 3.05) is 0 Å². The lowest BCUT2D eigenvalue weighted by molar-refractivity contribution is 1.14. The van der Waals surface area contributed by atoms with E-state index in [1.807, 2.05) is 12.4 Å². The van der Waals surface area contributed by atoms with Gasteiger partial charge in [0, 0.05) is 61.8 Å². The smallest absolute Gasteiger partial charge is 0.0571 e. The molecule has 0 unspecified atom stereocenters. The first-order valence-corrected chi connectivity index (χ1v) is 15.3. The number of hydrogen-bond donors (Lipinski definition) is 0. The highest BCUT2D eigenvalue weighted by molar-refractivity contribution is 6.19. The Kier molecular flexibility index (Phi) is 4.96. The topological polar surface area (TPSA) is 27.7 Å². The van der Waals surface area contributed by atoms with E-state index in [4.69, 9.17) is 0 Å². The van der Waals surface area contributed by atoms with E-state index in [0.29, 0.717) is 0 Å². The van der Waals surface area contributed by atoms with Crippen LogP contribution in [0.3, 0.4) is 0 Å². The number of fused-ring (bicyclic) bond motifs is 9. The molecule has 0 amide bonds. The Hall–Kier alpha value is -6.13. The maximum Gasteiger partial charge on any atom is 0.0571 e. The van der Waals surface area contributed by atoms with Crippen LogP contribution < -0.4 is 0 Å². The third kappa shape index (κ3) is 3.39. The molecule has 0 aliphatic rings. The monoisotopic (exact) mass is 574 g/mol. The van der Waals surface area contributed by atoms with Crippen molar-refractivity contribution in [1.82, 2.24) is 18.7 Å². The fourth-order valence-corrected chi connectivity index (χ4v) is 7.41. The minimum absolute atomic E-state index is 1.13. The normalized spacial score (nSPS) is 12.0. The van der Waals surface area contributed by atoms with Crippen LogP contribution in [0, 0.1) is 0 Å². The number of nitrogens with zero attached hydrogens (tertiary/aromatic N) is 4. The summed E-state index contributed by atoms with van der Waals surface area (Å²) < 4.78 is 7.15. The highest BCUT2D eigenvalue weighted by atomic mass is 15.0. The lowest BCUT2D eigenvalue weighted by Gasteiger charge is -2.12. The molecular formula is C41H26N4. The Morgan fingerprint density at radius 2 is 0.711 bits per heavy atom. The van der Waals surface area contributed by atoms with Gasteiger partial charge in [-0.25, -0.2) is 0 Å². The van der Waals surface area contributed by atoms with Crippen LogP contribution in [0.25, 0.3) is 82.5 Å². The van der Waals surface area contributed by atoms with Crippen molar-refractivity contribution in [2.24, 2.45) is 0 Å². The molecule has 0 N–H and O–H groups in total. The molecule has 0 radical (unpaired) electrons. The summed E-state index contributed by atoms with van der Waals surface area (Å²) in [6, 6.07) is 52.6. The minimum atomic E-state index is 1.13. The molecule has 4 nitrogen and oxygen atoms in total. The van der Waals surface area contributed by atoms with Crippen LogP contribution in [-0.2, 0) is 0 Å². The van der Waals surface area contributed by atoms with Crippen molar-refractivity contribution in [1.29, 1.82) is 0 Å². The maximum atomic E-state index is 4.42. The van der Waals surface area contributed by atoms with E-state index in [1.165, 1.54) is 65.6 Å². The van der Waals surface area contributed by atoms with Crippen LogP contribution >= 0.6 is 0 Å². The number of para-hydroxylation sites is 4. The fourth-order valence-electron chi connectivity index (χ4n) is 7.41. The molecule has 0 aliphatic carbocycles. The molecule has 0 saturated carbocycles. The Balaban J connectivity index is 1.23. The van der Waals surface area contributed by atoms with E-state index < -0.39 is 0 Å². The first kappa shape index (κ1) is 24.3. The van der Waals surface area contributed by atoms with E-state index in [0.717, 1.165) is 16.9 Å². The third-order valence-electron chi connectivity index (χ3n) is 9.32. The van der Waals surface area contributed by atoms with Gasteiger partial charge in [0.2, 0.25) is 0 Å². The molecular weight excluding hydrogens is 548 g/mol. The standard InChI is InChI=1S/C41H26N4/c1-2-10-27(11-3-1)44-36-15-7-4-12-30(36)33-25-41-34(24-40(33)44)31-13-5-8-16-37(31)45(41)29-20-18-28(19-21-29)43-38-17-9-6-14-32(38)35-26-42-23-22-39(35)43/h1-26H. The molecule has 210 valence electrons. The van der Waals surface area contributed by atoms with Crippen molar-refractivity contribution in [3.8, 4) is 17.1 Å². The van der Waals surface area contributed by atoms with Gasteiger partial charge in [-0.2, -0.15) is 0 Å². The molecule has 10 aromatic rings. The van der Waals surface area contributed by atoms with Crippen molar-refractivity contribution in [2.45, 2.75) is 0 Å². The van der Waals surface area contributed by atoms with Crippen LogP contribution in [0.1, 0.15) is 0 Å². The highest BCUT2D eigenvalue weighted by Gasteiger charge is 2.18. The van der Waals surface area contributed by atoms with Gasteiger partial charge in [-0.1, -0.05) is 72.8 Å². The summed E-state index contributed by atoms with van der Waals surface area (Å²) in [6.07, 6.45) is 3.84. The molecule has 4 aromatic heterocycles. The van der Waals surface area contributed by atoms with Crippen LogP contribution in [0.4, 0.5) is 0 Å². The predicted octanol–water partition coefficient (Wildman–Crippen LogP) is 10.4. The average Bonchev–Trinajstić information content (AvgIpc) is 3.73. The Morgan fingerprint density at radius 1 is 0.311 bits per heavy atom. The first-order chi connectivity index (χ1) is 22.3. The van der Waals surface area contributed by atoms with Crippen LogP contribution in [0.5, 0.6) is 0 Å². The summed E-state index contributed by atoms with van der Waals surface area (Å²) in [5, 5.41) is 7.38. The van der Waals surface area contributed by atoms with Gasteiger partial charge in [-0.05, 0) is 72.8 Å². The van der Waals surface area contributed by atoms with E-state index >= 15 is 0 Å². The Labute approximate surface area is 258 Å². The van der Waals surface area contributed by atoms with E-state index in [1.54, 1.807) is 0 Å². The lowest BCUT2D eigenvalue weighted by atomic mass is 10.1. The van der Waals surface area contributed by atoms with Gasteiger partial charge in [0.1, 0.15) is 0 Å². The maximum absolute atomic E-state index is 4.42. The Bertz CT molecular complexity index is 2690. The molecule has 0 saturated heterocycles. The van der Waals surface area contributed by atoms with Crippen molar-refractivity contribution >= 4 is 65.4 Å². The van der Waals surface area contributed by atoms with Gasteiger partial charge < -0.3 is 13.7 Å². The molecule has 0 atom stereocenters. The Morgan fingerprint density at radius 3 is 1.24 bits per heavy atom. The van der Waals surface area contributed by atoms with Gasteiger partial charge in [-0.15, -0.1) is 0 Å². The van der Waals surface area contributed by atoms with E-state index in [9.17, 15) is 0 Å².